The quantitative estimate of drug-likeness (QED) is 0.339. The third kappa shape index (κ3) is 6.45. The summed E-state index contributed by atoms with van der Waals surface area (Å²) < 4.78 is 4.92. The van der Waals surface area contributed by atoms with Gasteiger partial charge in [-0.05, 0) is 32.1 Å². The molecule has 2 atom stereocenters. The van der Waals surface area contributed by atoms with Crippen LogP contribution in [0.4, 0.5) is 0 Å². The van der Waals surface area contributed by atoms with Crippen LogP contribution < -0.4 is 0 Å². The van der Waals surface area contributed by atoms with E-state index < -0.39 is 0 Å². The molecule has 3 heteroatoms. The van der Waals surface area contributed by atoms with E-state index in [0.717, 1.165) is 44.9 Å². The summed E-state index contributed by atoms with van der Waals surface area (Å²) in [7, 11) is 1.43. The molecule has 0 aromatic rings. The monoisotopic (exact) mass is 294 g/mol. The highest BCUT2D eigenvalue weighted by molar-refractivity contribution is 5.87. The van der Waals surface area contributed by atoms with Crippen LogP contribution in [0, 0.1) is 11.8 Å². The van der Waals surface area contributed by atoms with Crippen LogP contribution >= 0.6 is 0 Å². The number of Topliss-reactive ketones (excluding diaryl/α,β-unsaturated/α-hetero) is 1. The van der Waals surface area contributed by atoms with Crippen LogP contribution in [0.25, 0.3) is 0 Å². The summed E-state index contributed by atoms with van der Waals surface area (Å²) in [5.74, 6) is -0.229. The molecule has 0 N–H and O–H groups in total. The van der Waals surface area contributed by atoms with Crippen LogP contribution in [-0.2, 0) is 14.3 Å². The minimum Gasteiger partial charge on any atom is -0.469 e. The highest BCUT2D eigenvalue weighted by atomic mass is 16.5. The summed E-state index contributed by atoms with van der Waals surface area (Å²) in [6.45, 7) is 3.72. The molecule has 0 amide bonds. The summed E-state index contributed by atoms with van der Waals surface area (Å²) in [5.41, 5.74) is 0. The number of ketones is 1. The summed E-state index contributed by atoms with van der Waals surface area (Å²) in [6.07, 6.45) is 13.1. The van der Waals surface area contributed by atoms with E-state index in [1.54, 1.807) is 0 Å². The van der Waals surface area contributed by atoms with Gasteiger partial charge in [-0.25, -0.2) is 0 Å². The number of carbonyl (C=O) groups is 2. The Kier molecular flexibility index (Phi) is 9.04. The molecule has 0 saturated heterocycles. The number of unbranched alkanes of at least 4 members (excludes halogenated alkanes) is 5. The topological polar surface area (TPSA) is 43.4 Å². The van der Waals surface area contributed by atoms with Gasteiger partial charge < -0.3 is 4.74 Å². The number of carbonyl (C=O) groups excluding carboxylic acids is 2. The highest BCUT2D eigenvalue weighted by Gasteiger charge is 2.34. The number of rotatable bonds is 10. The van der Waals surface area contributed by atoms with Gasteiger partial charge in [-0.3, -0.25) is 9.59 Å². The van der Waals surface area contributed by atoms with E-state index >= 15 is 0 Å². The molecule has 0 spiro atoms. The van der Waals surface area contributed by atoms with Crippen LogP contribution in [0.2, 0.25) is 0 Å². The lowest BCUT2D eigenvalue weighted by Gasteiger charge is -2.27. The van der Waals surface area contributed by atoms with Gasteiger partial charge in [-0.2, -0.15) is 0 Å². The Morgan fingerprint density at radius 2 is 2.00 bits per heavy atom. The SMILES string of the molecule is C=CCCCCCCCC(C(=O)OC)C1CCCCC1=O. The average Bonchev–Trinajstić information content (AvgIpc) is 2.50. The molecule has 21 heavy (non-hydrogen) atoms. The molecule has 2 unspecified atom stereocenters. The van der Waals surface area contributed by atoms with Crippen molar-refractivity contribution in [3.63, 3.8) is 0 Å². The first-order valence-corrected chi connectivity index (χ1v) is 8.42. The van der Waals surface area contributed by atoms with E-state index in [4.69, 9.17) is 4.74 Å². The number of ether oxygens (including phenoxy) is 1. The minimum absolute atomic E-state index is 0.0908. The molecule has 3 nitrogen and oxygen atoms in total. The van der Waals surface area contributed by atoms with E-state index in [1.807, 2.05) is 6.08 Å². The molecule has 0 radical (unpaired) electrons. The van der Waals surface area contributed by atoms with Crippen molar-refractivity contribution >= 4 is 11.8 Å². The third-order valence-corrected chi connectivity index (χ3v) is 4.51. The van der Waals surface area contributed by atoms with E-state index in [0.29, 0.717) is 6.42 Å². The lowest BCUT2D eigenvalue weighted by atomic mass is 9.77. The van der Waals surface area contributed by atoms with Crippen molar-refractivity contribution in [2.75, 3.05) is 7.11 Å². The van der Waals surface area contributed by atoms with Gasteiger partial charge >= 0.3 is 5.97 Å². The third-order valence-electron chi connectivity index (χ3n) is 4.51. The maximum Gasteiger partial charge on any atom is 0.309 e. The molecule has 1 aliphatic carbocycles. The minimum atomic E-state index is -0.212. The van der Waals surface area contributed by atoms with Crippen molar-refractivity contribution in [2.24, 2.45) is 11.8 Å². The Morgan fingerprint density at radius 3 is 2.67 bits per heavy atom. The second-order valence-electron chi connectivity index (χ2n) is 6.08. The smallest absolute Gasteiger partial charge is 0.309 e. The fraction of sp³-hybridized carbons (Fsp3) is 0.778. The van der Waals surface area contributed by atoms with Gasteiger partial charge in [-0.15, -0.1) is 6.58 Å². The molecular formula is C18H30O3. The maximum absolute atomic E-state index is 12.0. The van der Waals surface area contributed by atoms with Crippen molar-refractivity contribution in [1.29, 1.82) is 0 Å². The average molecular weight is 294 g/mol. The van der Waals surface area contributed by atoms with Gasteiger partial charge in [0.15, 0.2) is 0 Å². The number of allylic oxidation sites excluding steroid dienone is 1. The lowest BCUT2D eigenvalue weighted by Crippen LogP contribution is -2.33. The van der Waals surface area contributed by atoms with Crippen molar-refractivity contribution in [1.82, 2.24) is 0 Å². The molecule has 1 saturated carbocycles. The van der Waals surface area contributed by atoms with E-state index in [2.05, 4.69) is 6.58 Å². The zero-order valence-corrected chi connectivity index (χ0v) is 13.4. The van der Waals surface area contributed by atoms with Crippen LogP contribution in [0.15, 0.2) is 12.7 Å². The summed E-state index contributed by atoms with van der Waals surface area (Å²) in [4.78, 5) is 24.0. The Hall–Kier alpha value is -1.12. The van der Waals surface area contributed by atoms with Crippen molar-refractivity contribution in [3.05, 3.63) is 12.7 Å². The molecule has 0 aromatic heterocycles. The van der Waals surface area contributed by atoms with E-state index in [1.165, 1.54) is 26.4 Å². The van der Waals surface area contributed by atoms with Crippen LogP contribution in [0.1, 0.15) is 70.6 Å². The van der Waals surface area contributed by atoms with Crippen molar-refractivity contribution in [2.45, 2.75) is 70.6 Å². The molecule has 1 rings (SSSR count). The Balaban J connectivity index is 2.35. The first-order valence-electron chi connectivity index (χ1n) is 8.42. The molecular weight excluding hydrogens is 264 g/mol. The van der Waals surface area contributed by atoms with E-state index in [-0.39, 0.29) is 23.6 Å². The van der Waals surface area contributed by atoms with Crippen molar-refractivity contribution < 1.29 is 14.3 Å². The Morgan fingerprint density at radius 1 is 1.29 bits per heavy atom. The Labute approximate surface area is 129 Å². The number of hydrogen-bond donors (Lipinski definition) is 0. The molecule has 1 fully saturated rings. The van der Waals surface area contributed by atoms with Gasteiger partial charge in [0.1, 0.15) is 5.78 Å². The van der Waals surface area contributed by atoms with Gasteiger partial charge in [0.2, 0.25) is 0 Å². The first kappa shape index (κ1) is 17.9. The fourth-order valence-electron chi connectivity index (χ4n) is 3.25. The second kappa shape index (κ2) is 10.6. The molecule has 120 valence electrons. The van der Waals surface area contributed by atoms with Crippen LogP contribution in [0.5, 0.6) is 0 Å². The largest absolute Gasteiger partial charge is 0.469 e. The summed E-state index contributed by atoms with van der Waals surface area (Å²) in [6, 6.07) is 0. The Bertz CT molecular complexity index is 335. The zero-order valence-electron chi connectivity index (χ0n) is 13.4. The molecule has 0 aliphatic heterocycles. The molecule has 0 bridgehead atoms. The summed E-state index contributed by atoms with van der Waals surface area (Å²) in [5, 5.41) is 0. The second-order valence-corrected chi connectivity index (χ2v) is 6.08. The van der Waals surface area contributed by atoms with Gasteiger partial charge in [0.25, 0.3) is 0 Å². The standard InChI is InChI=1S/C18H30O3/c1-3-4-5-6-7-8-9-13-16(18(20)21-2)15-12-10-11-14-17(15)19/h3,15-16H,1,4-14H2,2H3. The fourth-order valence-corrected chi connectivity index (χ4v) is 3.25. The molecule has 1 aliphatic rings. The number of esters is 1. The predicted molar refractivity (Wildman–Crippen MR) is 85.0 cm³/mol. The summed E-state index contributed by atoms with van der Waals surface area (Å²) >= 11 is 0. The highest BCUT2D eigenvalue weighted by Crippen LogP contribution is 2.31. The normalized spacial score (nSPS) is 20.0. The molecule has 0 aromatic carbocycles. The number of methoxy groups -OCH3 is 1. The van der Waals surface area contributed by atoms with Crippen molar-refractivity contribution in [3.8, 4) is 0 Å². The van der Waals surface area contributed by atoms with Gasteiger partial charge in [-0.1, -0.05) is 38.2 Å². The zero-order chi connectivity index (χ0) is 15.5. The van der Waals surface area contributed by atoms with Gasteiger partial charge in [0.05, 0.1) is 13.0 Å². The van der Waals surface area contributed by atoms with E-state index in [9.17, 15) is 9.59 Å². The number of hydrogen-bond acceptors (Lipinski definition) is 3. The van der Waals surface area contributed by atoms with Gasteiger partial charge in [0, 0.05) is 12.3 Å². The first-order chi connectivity index (χ1) is 10.2. The predicted octanol–water partition coefficient (Wildman–Crippen LogP) is 4.45. The lowest BCUT2D eigenvalue weighted by molar-refractivity contribution is -0.151. The molecule has 0 heterocycles. The van der Waals surface area contributed by atoms with Crippen LogP contribution in [-0.4, -0.2) is 18.9 Å². The maximum atomic E-state index is 12.0. The van der Waals surface area contributed by atoms with Crippen LogP contribution in [0.3, 0.4) is 0 Å².